The first-order valence-electron chi connectivity index (χ1n) is 42.4. The fourth-order valence-electron chi connectivity index (χ4n) is 12.7. The average Bonchev–Trinajstić information content (AvgIpc) is 1.45. The van der Waals surface area contributed by atoms with Crippen molar-refractivity contribution in [3.63, 3.8) is 0 Å². The van der Waals surface area contributed by atoms with E-state index in [-0.39, 0.29) is 304 Å². The van der Waals surface area contributed by atoms with E-state index >= 15 is 0 Å². The van der Waals surface area contributed by atoms with Gasteiger partial charge in [0.1, 0.15) is 23.1 Å². The molecule has 2 heterocycles. The van der Waals surface area contributed by atoms with Crippen molar-refractivity contribution in [2.24, 2.45) is 56.6 Å². The van der Waals surface area contributed by atoms with E-state index in [0.29, 0.717) is 179 Å². The molecule has 0 aromatic heterocycles. The number of carbonyl (C=O) groups excluding carboxylic acids is 16. The smallest absolute Gasteiger partial charge is 0.230 e. The molecular weight excluding hydrogens is 1940 g/mol. The Kier molecular flexibility index (Phi) is 81.9. The van der Waals surface area contributed by atoms with E-state index in [1.807, 2.05) is 40.3 Å². The number of hydrogen-bond donors (Lipinski definition) is 11. The van der Waals surface area contributed by atoms with Crippen LogP contribution in [0.3, 0.4) is 0 Å². The van der Waals surface area contributed by atoms with Crippen LogP contribution in [0.4, 0.5) is 0 Å². The summed E-state index contributed by atoms with van der Waals surface area (Å²) in [5.74, 6) is -3.56. The molecule has 0 aromatic carbocycles. The molecule has 2 fully saturated rings. The number of ketones is 8. The minimum absolute atomic E-state index is 0. The van der Waals surface area contributed by atoms with Gasteiger partial charge in [0, 0.05) is 192 Å². The molecule has 5 amide bonds. The van der Waals surface area contributed by atoms with Gasteiger partial charge in [-0.25, -0.2) is 12.6 Å². The number of rotatable bonds is 54. The SMILES string of the molecule is CC[C@H](C)[C@@H]1NC(=O)CCC(=O)SCC[C@@H](C(=O)CN(C)[C@H]([C-]=O)CCCN=C(N)N)NCC(=O)[C@H](CCCCNC(=O)CCOCCOCCCC(=O)CBr)CCC1=O.CC[C@H](C)[C@@H]1NC(=O)CCNC(=O)CSC[C@@H](C(=O)CN(C)[C@H]([C-]=O)CCCN=C(N)N)NCC(=O)[C@H](CCCCNC(=O)CCOCCOCCCC(=O)CBr)CCC1=O.[NH2-].[NH2-].[Y].[Y]. The Labute approximate surface area is 815 Å². The average molecular weight is 2090 g/mol. The number of amides is 5. The van der Waals surface area contributed by atoms with Gasteiger partial charge in [0.15, 0.2) is 40.2 Å². The second-order valence-electron chi connectivity index (χ2n) is 30.3. The third-order valence-corrected chi connectivity index (χ3v) is 23.7. The minimum atomic E-state index is -0.840. The van der Waals surface area contributed by atoms with Gasteiger partial charge in [-0.05, 0) is 96.6 Å². The summed E-state index contributed by atoms with van der Waals surface area (Å²) in [6.45, 7) is 11.4. The zero-order valence-electron chi connectivity index (χ0n) is 74.4. The molecule has 19 N–H and O–H groups in total. The topological polar surface area (TPSA) is 597 Å². The number of Topliss-reactive ketones (excluding diaryl/α,β-unsaturated/α-hetero) is 8. The molecular formula is C82H143Br2N17O20S2Y2-4. The number of unbranched alkanes of at least 4 members (excludes halogenated alkanes) is 2. The third kappa shape index (κ3) is 64.2. The van der Waals surface area contributed by atoms with Gasteiger partial charge in [-0.1, -0.05) is 122 Å². The largest absolute Gasteiger partial charge is 0.693 e. The summed E-state index contributed by atoms with van der Waals surface area (Å²) in [7, 11) is 3.27. The maximum Gasteiger partial charge on any atom is 0.230 e. The number of nitrogens with one attached hydrogen (secondary N) is 7. The van der Waals surface area contributed by atoms with Crippen LogP contribution in [0.25, 0.3) is 12.3 Å². The molecule has 2 rings (SSSR count). The first kappa shape index (κ1) is 127. The number of nitrogens with zero attached hydrogens (tertiary/aromatic N) is 4. The Balaban J connectivity index is -0.00000114. The van der Waals surface area contributed by atoms with E-state index in [0.717, 1.165) is 11.8 Å². The number of carbonyl (C=O) groups is 14. The predicted octanol–water partition coefficient (Wildman–Crippen LogP) is 4.12. The van der Waals surface area contributed by atoms with E-state index in [1.54, 1.807) is 23.9 Å². The van der Waals surface area contributed by atoms with Crippen LogP contribution in [-0.4, -0.2) is 305 Å². The van der Waals surface area contributed by atoms with Gasteiger partial charge < -0.3 is 105 Å². The fraction of sp³-hybridized carbons (Fsp3) is 0.780. The number of alkyl halides is 2. The van der Waals surface area contributed by atoms with Crippen LogP contribution in [0.1, 0.15) is 195 Å². The van der Waals surface area contributed by atoms with E-state index in [2.05, 4.69) is 79.1 Å². The Hall–Kier alpha value is -4.27. The zero-order chi connectivity index (χ0) is 90.1. The van der Waals surface area contributed by atoms with Crippen LogP contribution in [0.2, 0.25) is 0 Å². The molecule has 0 aromatic rings. The fourth-order valence-corrected chi connectivity index (χ4v) is 15.0. The number of likely N-dealkylation sites (N-methyl/N-ethyl adjacent to an activating group) is 2. The van der Waals surface area contributed by atoms with Crippen LogP contribution in [0.15, 0.2) is 9.98 Å². The van der Waals surface area contributed by atoms with E-state index in [9.17, 15) is 76.7 Å². The van der Waals surface area contributed by atoms with Crippen LogP contribution >= 0.6 is 55.4 Å². The summed E-state index contributed by atoms with van der Waals surface area (Å²) in [6.07, 6.45) is 13.4. The monoisotopic (exact) mass is 2090 g/mol. The maximum atomic E-state index is 13.9. The van der Waals surface area contributed by atoms with Gasteiger partial charge in [0.25, 0.3) is 0 Å². The van der Waals surface area contributed by atoms with Crippen LogP contribution in [0.5, 0.6) is 0 Å². The van der Waals surface area contributed by atoms with Gasteiger partial charge in [0.2, 0.25) is 29.5 Å². The molecule has 43 heteroatoms. The van der Waals surface area contributed by atoms with Crippen LogP contribution in [0, 0.1) is 23.7 Å². The number of thioether (sulfide) groups is 2. The minimum Gasteiger partial charge on any atom is -0.693 e. The summed E-state index contributed by atoms with van der Waals surface area (Å²) in [5.41, 5.74) is 21.5. The molecule has 37 nitrogen and oxygen atoms in total. The molecule has 0 unspecified atom stereocenters. The summed E-state index contributed by atoms with van der Waals surface area (Å²) in [6, 6.07) is -4.53. The molecule has 0 aliphatic carbocycles. The molecule has 0 spiro atoms. The van der Waals surface area contributed by atoms with Gasteiger partial charge in [-0.3, -0.25) is 82.4 Å². The molecule has 2 radical (unpaired) electrons. The number of guanidine groups is 2. The quantitative estimate of drug-likeness (QED) is 0.0134. The van der Waals surface area contributed by atoms with Crippen molar-refractivity contribution in [3.8, 4) is 0 Å². The summed E-state index contributed by atoms with van der Waals surface area (Å²) >= 11 is 8.46. The molecule has 10 atom stereocenters. The van der Waals surface area contributed by atoms with Crippen LogP contribution in [-0.2, 0) is 161 Å². The van der Waals surface area contributed by atoms with Gasteiger partial charge in [-0.2, -0.15) is 0 Å². The standard InChI is InChI=1S/C41H70BrN8O10S.C41H69BrN7O10S.2H2N.2Y/c1-4-29(2)40-34(53)13-12-30(9-5-6-16-45-37(56)15-20-60-22-21-59-19-8-11-32(52)23-42)35(54)24-48-33(27-61-28-39(58)46-18-14-38(57)49-40)36(55)25-50(3)31(26-51)10-7-17-47-41(43)44;1-4-29(2)40-34(52)13-12-30(9-5-6-18-45-37(55)16-21-59-23-22-58-20-8-11-32(51)25-42)35(53)26-47-33(17-24-60-39(57)15-14-38(56)48-40)36(54)27-49(3)31(28-50)10-7-19-46-41(43)44;;;;/h29-31,33,40,48H,4-25,27-28H2,1-3H3,(H,45,56)(H,46,58)(H,49,57)(H4,43,44,47);29-31,33,40,47H,4-27H2,1-3H3,(H,45,55)(H,48,56)(H4,43,44,46);2*1H2;;/q4*-1;;/t2*29-,30+,31-,33-,40-;;;;/m00..../s1. The second-order valence-corrected chi connectivity index (χ2v) is 33.6. The summed E-state index contributed by atoms with van der Waals surface area (Å²) in [5, 5.41) is 20.8. The Morgan fingerprint density at radius 2 is 0.944 bits per heavy atom. The van der Waals surface area contributed by atoms with Crippen molar-refractivity contribution in [2.45, 2.75) is 231 Å². The second kappa shape index (κ2) is 80.6. The van der Waals surface area contributed by atoms with Crippen molar-refractivity contribution in [2.75, 3.05) is 154 Å². The van der Waals surface area contributed by atoms with Crippen molar-refractivity contribution < 1.29 is 161 Å². The van der Waals surface area contributed by atoms with Gasteiger partial charge in [0.05, 0.1) is 106 Å². The molecule has 0 saturated carbocycles. The number of halogens is 2. The van der Waals surface area contributed by atoms with Crippen LogP contribution < -0.4 is 60.2 Å². The van der Waals surface area contributed by atoms with Gasteiger partial charge >= 0.3 is 0 Å². The first-order valence-corrected chi connectivity index (χ1v) is 46.8. The van der Waals surface area contributed by atoms with E-state index in [1.165, 1.54) is 11.8 Å². The van der Waals surface area contributed by atoms with Gasteiger partial charge in [-0.15, -0.1) is 11.8 Å². The normalized spacial score (nSPS) is 19.2. The number of hydrogen-bond acceptors (Lipinski definition) is 28. The summed E-state index contributed by atoms with van der Waals surface area (Å²) < 4.78 is 21.8. The van der Waals surface area contributed by atoms with Crippen molar-refractivity contribution in [1.82, 2.24) is 47.0 Å². The van der Waals surface area contributed by atoms with Crippen molar-refractivity contribution in [1.29, 1.82) is 0 Å². The molecule has 125 heavy (non-hydrogen) atoms. The Morgan fingerprint density at radius 1 is 0.528 bits per heavy atom. The Bertz CT molecular complexity index is 3220. The molecule has 2 aliphatic rings. The molecule has 2 saturated heterocycles. The van der Waals surface area contributed by atoms with E-state index < -0.39 is 54.0 Å². The maximum absolute atomic E-state index is 13.9. The molecule has 2 aliphatic heterocycles. The number of ether oxygens (including phenoxy) is 4. The molecule has 0 bridgehead atoms. The molecule has 712 valence electrons. The zero-order valence-corrected chi connectivity index (χ0v) is 84.8. The number of nitrogens with two attached hydrogens (primary N) is 6. The van der Waals surface area contributed by atoms with E-state index in [4.69, 9.17) is 41.9 Å². The first-order chi connectivity index (χ1) is 57.9. The van der Waals surface area contributed by atoms with Crippen molar-refractivity contribution in [3.05, 3.63) is 12.3 Å². The third-order valence-electron chi connectivity index (χ3n) is 20.5. The Morgan fingerprint density at radius 3 is 1.36 bits per heavy atom. The number of aliphatic imine (C=N–C) groups is 2. The predicted molar refractivity (Wildman–Crippen MR) is 485 cm³/mol. The van der Waals surface area contributed by atoms with Crippen molar-refractivity contribution >= 4 is 161 Å². The summed E-state index contributed by atoms with van der Waals surface area (Å²) in [4.78, 5) is 215.